The molecule has 4 nitrogen and oxygen atoms in total. The van der Waals surface area contributed by atoms with Crippen molar-refractivity contribution in [2.24, 2.45) is 0 Å². The SMILES string of the molecule is CC(C)OCCC(=O)Nc1ccc2c(c1F)CCNC2.Cl. The number of anilines is 1. The van der Waals surface area contributed by atoms with E-state index in [1.165, 1.54) is 0 Å². The molecule has 0 radical (unpaired) electrons. The minimum Gasteiger partial charge on any atom is -0.378 e. The van der Waals surface area contributed by atoms with Crippen molar-refractivity contribution < 1.29 is 13.9 Å². The molecule has 0 fully saturated rings. The van der Waals surface area contributed by atoms with E-state index in [9.17, 15) is 9.18 Å². The van der Waals surface area contributed by atoms with Crippen LogP contribution in [0.15, 0.2) is 12.1 Å². The van der Waals surface area contributed by atoms with Crippen LogP contribution in [0.3, 0.4) is 0 Å². The Morgan fingerprint density at radius 2 is 2.24 bits per heavy atom. The van der Waals surface area contributed by atoms with Crippen molar-refractivity contribution >= 4 is 24.0 Å². The van der Waals surface area contributed by atoms with Gasteiger partial charge in [0.15, 0.2) is 0 Å². The molecule has 1 aromatic carbocycles. The third-order valence-corrected chi connectivity index (χ3v) is 3.26. The Kier molecular flexibility index (Phi) is 7.08. The lowest BCUT2D eigenvalue weighted by Crippen LogP contribution is -2.25. The van der Waals surface area contributed by atoms with Crippen molar-refractivity contribution in [2.45, 2.75) is 39.3 Å². The maximum absolute atomic E-state index is 14.3. The quantitative estimate of drug-likeness (QED) is 0.878. The van der Waals surface area contributed by atoms with Crippen LogP contribution in [0, 0.1) is 5.82 Å². The van der Waals surface area contributed by atoms with Crippen LogP contribution in [0.4, 0.5) is 10.1 Å². The van der Waals surface area contributed by atoms with Gasteiger partial charge in [0.25, 0.3) is 0 Å². The van der Waals surface area contributed by atoms with Crippen LogP contribution in [0.1, 0.15) is 31.4 Å². The predicted octanol–water partition coefficient (Wildman–Crippen LogP) is 2.65. The maximum atomic E-state index is 14.3. The summed E-state index contributed by atoms with van der Waals surface area (Å²) in [5.74, 6) is -0.527. The number of halogens is 2. The summed E-state index contributed by atoms with van der Waals surface area (Å²) in [5, 5.41) is 5.82. The van der Waals surface area contributed by atoms with Gasteiger partial charge in [-0.05, 0) is 44.0 Å². The molecule has 1 amide bonds. The minimum absolute atomic E-state index is 0. The standard InChI is InChI=1S/C15H21FN2O2.ClH/c1-10(2)20-8-6-14(19)18-13-4-3-11-9-17-7-5-12(11)15(13)16;/h3-4,10,17H,5-9H2,1-2H3,(H,18,19);1H. The van der Waals surface area contributed by atoms with Crippen LogP contribution < -0.4 is 10.6 Å². The van der Waals surface area contributed by atoms with E-state index in [0.717, 1.165) is 12.1 Å². The first-order chi connectivity index (χ1) is 9.58. The molecule has 0 aliphatic carbocycles. The molecule has 118 valence electrons. The molecule has 2 rings (SSSR count). The van der Waals surface area contributed by atoms with Gasteiger partial charge in [0, 0.05) is 6.54 Å². The van der Waals surface area contributed by atoms with Crippen molar-refractivity contribution in [3.8, 4) is 0 Å². The van der Waals surface area contributed by atoms with Gasteiger partial charge in [0.05, 0.1) is 24.8 Å². The van der Waals surface area contributed by atoms with Crippen molar-refractivity contribution in [1.82, 2.24) is 5.32 Å². The molecule has 0 aromatic heterocycles. The van der Waals surface area contributed by atoms with Gasteiger partial charge in [-0.2, -0.15) is 0 Å². The van der Waals surface area contributed by atoms with Crippen LogP contribution in [-0.4, -0.2) is 25.2 Å². The Labute approximate surface area is 130 Å². The number of carbonyl (C=O) groups excluding carboxylic acids is 1. The van der Waals surface area contributed by atoms with Crippen LogP contribution in [-0.2, 0) is 22.5 Å². The second kappa shape index (κ2) is 8.32. The van der Waals surface area contributed by atoms with Gasteiger partial charge >= 0.3 is 0 Å². The Morgan fingerprint density at radius 3 is 2.95 bits per heavy atom. The van der Waals surface area contributed by atoms with E-state index in [4.69, 9.17) is 4.74 Å². The molecule has 6 heteroatoms. The highest BCUT2D eigenvalue weighted by Gasteiger charge is 2.17. The zero-order valence-electron chi connectivity index (χ0n) is 12.4. The molecule has 0 saturated heterocycles. The summed E-state index contributed by atoms with van der Waals surface area (Å²) < 4.78 is 19.6. The lowest BCUT2D eigenvalue weighted by atomic mass is 9.99. The molecule has 1 aliphatic rings. The monoisotopic (exact) mass is 316 g/mol. The first-order valence-corrected chi connectivity index (χ1v) is 7.00. The van der Waals surface area contributed by atoms with Gasteiger partial charge in [-0.15, -0.1) is 12.4 Å². The van der Waals surface area contributed by atoms with Gasteiger partial charge in [-0.3, -0.25) is 4.79 Å². The first kappa shape index (κ1) is 17.9. The number of hydrogen-bond acceptors (Lipinski definition) is 3. The van der Waals surface area contributed by atoms with Gasteiger partial charge in [-0.1, -0.05) is 6.07 Å². The molecule has 0 spiro atoms. The Morgan fingerprint density at radius 1 is 1.48 bits per heavy atom. The van der Waals surface area contributed by atoms with Crippen molar-refractivity contribution in [1.29, 1.82) is 0 Å². The predicted molar refractivity (Wildman–Crippen MR) is 83.4 cm³/mol. The number of ether oxygens (including phenoxy) is 1. The van der Waals surface area contributed by atoms with Gasteiger partial charge in [-0.25, -0.2) is 4.39 Å². The van der Waals surface area contributed by atoms with E-state index in [2.05, 4.69) is 10.6 Å². The highest BCUT2D eigenvalue weighted by Crippen LogP contribution is 2.24. The molecule has 1 aromatic rings. The van der Waals surface area contributed by atoms with Gasteiger partial charge < -0.3 is 15.4 Å². The summed E-state index contributed by atoms with van der Waals surface area (Å²) in [6.45, 7) is 5.62. The normalized spacial score (nSPS) is 13.5. The number of rotatable bonds is 5. The molecule has 0 unspecified atom stereocenters. The second-order valence-electron chi connectivity index (χ2n) is 5.21. The van der Waals surface area contributed by atoms with Crippen LogP contribution >= 0.6 is 12.4 Å². The Balaban J connectivity index is 0.00000220. The molecular weight excluding hydrogens is 295 g/mol. The maximum Gasteiger partial charge on any atom is 0.226 e. The zero-order chi connectivity index (χ0) is 14.5. The Hall–Kier alpha value is -1.17. The average molecular weight is 317 g/mol. The molecule has 1 heterocycles. The fraction of sp³-hybridized carbons (Fsp3) is 0.533. The fourth-order valence-electron chi connectivity index (χ4n) is 2.23. The van der Waals surface area contributed by atoms with Gasteiger partial charge in [0.2, 0.25) is 5.91 Å². The molecular formula is C15H22ClFN2O2. The smallest absolute Gasteiger partial charge is 0.226 e. The summed E-state index contributed by atoms with van der Waals surface area (Å²) in [6.07, 6.45) is 0.980. The number of nitrogens with one attached hydrogen (secondary N) is 2. The summed E-state index contributed by atoms with van der Waals surface area (Å²) in [4.78, 5) is 11.7. The van der Waals surface area contributed by atoms with E-state index >= 15 is 0 Å². The summed E-state index contributed by atoms with van der Waals surface area (Å²) in [5.41, 5.74) is 1.94. The van der Waals surface area contributed by atoms with E-state index in [1.807, 2.05) is 19.9 Å². The fourth-order valence-corrected chi connectivity index (χ4v) is 2.23. The third kappa shape index (κ3) is 4.95. The number of fused-ring (bicyclic) bond motifs is 1. The minimum atomic E-state index is -0.304. The highest BCUT2D eigenvalue weighted by molar-refractivity contribution is 5.91. The molecule has 2 N–H and O–H groups in total. The summed E-state index contributed by atoms with van der Waals surface area (Å²) >= 11 is 0. The third-order valence-electron chi connectivity index (χ3n) is 3.26. The lowest BCUT2D eigenvalue weighted by molar-refractivity contribution is -0.117. The Bertz CT molecular complexity index is 495. The largest absolute Gasteiger partial charge is 0.378 e. The number of carbonyl (C=O) groups is 1. The van der Waals surface area contributed by atoms with Crippen LogP contribution in [0.25, 0.3) is 0 Å². The van der Waals surface area contributed by atoms with E-state index in [-0.39, 0.29) is 42.3 Å². The zero-order valence-corrected chi connectivity index (χ0v) is 13.2. The first-order valence-electron chi connectivity index (χ1n) is 7.00. The van der Waals surface area contributed by atoms with Crippen molar-refractivity contribution in [3.05, 3.63) is 29.1 Å². The molecule has 21 heavy (non-hydrogen) atoms. The van der Waals surface area contributed by atoms with E-state index < -0.39 is 0 Å². The number of amides is 1. The van der Waals surface area contributed by atoms with Crippen LogP contribution in [0.2, 0.25) is 0 Å². The summed E-state index contributed by atoms with van der Waals surface area (Å²) in [6, 6.07) is 3.49. The average Bonchev–Trinajstić information content (AvgIpc) is 2.42. The molecule has 1 aliphatic heterocycles. The number of hydrogen-bond donors (Lipinski definition) is 2. The van der Waals surface area contributed by atoms with E-state index in [1.54, 1.807) is 6.07 Å². The molecule has 0 bridgehead atoms. The molecule has 0 atom stereocenters. The van der Waals surface area contributed by atoms with Crippen LogP contribution in [0.5, 0.6) is 0 Å². The number of benzene rings is 1. The van der Waals surface area contributed by atoms with Crippen molar-refractivity contribution in [2.75, 3.05) is 18.5 Å². The molecule has 0 saturated carbocycles. The van der Waals surface area contributed by atoms with Gasteiger partial charge in [0.1, 0.15) is 5.82 Å². The van der Waals surface area contributed by atoms with E-state index in [0.29, 0.717) is 25.1 Å². The lowest BCUT2D eigenvalue weighted by Gasteiger charge is -2.19. The topological polar surface area (TPSA) is 50.4 Å². The van der Waals surface area contributed by atoms with Crippen molar-refractivity contribution in [3.63, 3.8) is 0 Å². The highest BCUT2D eigenvalue weighted by atomic mass is 35.5. The second-order valence-corrected chi connectivity index (χ2v) is 5.21. The summed E-state index contributed by atoms with van der Waals surface area (Å²) in [7, 11) is 0.